The topological polar surface area (TPSA) is 91.4 Å². The van der Waals surface area contributed by atoms with Crippen LogP contribution in [-0.2, 0) is 19.1 Å². The molecule has 0 aliphatic rings. The summed E-state index contributed by atoms with van der Waals surface area (Å²) in [7, 11) is 2.49. The number of ether oxygens (including phenoxy) is 4. The Balaban J connectivity index is 2.62. The Kier molecular flexibility index (Phi) is 28.2. The van der Waals surface area contributed by atoms with Crippen LogP contribution in [-0.4, -0.2) is 63.3 Å². The molecule has 0 saturated carbocycles. The monoisotopic (exact) mass is 690 g/mol. The molecule has 1 aromatic rings. The van der Waals surface area contributed by atoms with Gasteiger partial charge < -0.3 is 23.8 Å². The van der Waals surface area contributed by atoms with Crippen molar-refractivity contribution in [1.29, 1.82) is 0 Å². The van der Waals surface area contributed by atoms with E-state index in [-0.39, 0.29) is 13.1 Å². The fourth-order valence-corrected chi connectivity index (χ4v) is 5.95. The maximum atomic E-state index is 13.4. The summed E-state index contributed by atoms with van der Waals surface area (Å²) in [5.74, 6) is -0.625. The Morgan fingerprint density at radius 1 is 0.490 bits per heavy atom. The quantitative estimate of drug-likeness (QED) is 0.0536. The average Bonchev–Trinajstić information content (AvgIpc) is 3.11. The Labute approximate surface area is 299 Å². The fourth-order valence-electron chi connectivity index (χ4n) is 5.95. The summed E-state index contributed by atoms with van der Waals surface area (Å²) in [6, 6.07) is 5.06. The molecular weight excluding hydrogens is 618 g/mol. The van der Waals surface area contributed by atoms with Crippen molar-refractivity contribution in [2.75, 3.05) is 40.5 Å². The smallest absolute Gasteiger partial charge is 0.325 e. The number of carbonyl (C=O) groups is 3. The Bertz CT molecular complexity index is 965. The highest BCUT2D eigenvalue weighted by Gasteiger charge is 2.23. The van der Waals surface area contributed by atoms with Crippen molar-refractivity contribution in [2.24, 2.45) is 0 Å². The van der Waals surface area contributed by atoms with Crippen molar-refractivity contribution in [1.82, 2.24) is 4.90 Å². The summed E-state index contributed by atoms with van der Waals surface area (Å²) >= 11 is 0. The predicted octanol–water partition coefficient (Wildman–Crippen LogP) is 10.6. The molecule has 0 spiro atoms. The van der Waals surface area contributed by atoms with E-state index in [1.165, 1.54) is 143 Å². The van der Waals surface area contributed by atoms with Gasteiger partial charge in [0, 0.05) is 5.56 Å². The van der Waals surface area contributed by atoms with Gasteiger partial charge >= 0.3 is 11.9 Å². The highest BCUT2D eigenvalue weighted by atomic mass is 16.5. The summed E-state index contributed by atoms with van der Waals surface area (Å²) < 4.78 is 21.8. The number of amides is 1. The van der Waals surface area contributed by atoms with Crippen LogP contribution in [0.15, 0.2) is 18.2 Å². The van der Waals surface area contributed by atoms with Crippen LogP contribution in [0.2, 0.25) is 0 Å². The first-order valence-corrected chi connectivity index (χ1v) is 19.8. The van der Waals surface area contributed by atoms with E-state index in [1.807, 2.05) is 0 Å². The number of unbranched alkanes of at least 4 members (excludes halogenated alkanes) is 22. The summed E-state index contributed by atoms with van der Waals surface area (Å²) in [6.45, 7) is 4.90. The lowest BCUT2D eigenvalue weighted by molar-refractivity contribution is -0.144. The van der Waals surface area contributed by atoms with Crippen molar-refractivity contribution < 1.29 is 33.3 Å². The van der Waals surface area contributed by atoms with Gasteiger partial charge in [-0.25, -0.2) is 0 Å². The molecule has 1 amide bonds. The molecule has 0 bridgehead atoms. The Morgan fingerprint density at radius 2 is 0.837 bits per heavy atom. The number of esters is 2. The largest absolute Gasteiger partial charge is 0.490 e. The molecule has 0 unspecified atom stereocenters. The molecule has 0 radical (unpaired) electrons. The van der Waals surface area contributed by atoms with Gasteiger partial charge in [-0.05, 0) is 31.0 Å². The van der Waals surface area contributed by atoms with E-state index in [9.17, 15) is 14.4 Å². The van der Waals surface area contributed by atoms with Gasteiger partial charge in [0.05, 0.1) is 27.4 Å². The van der Waals surface area contributed by atoms with Gasteiger partial charge in [0.1, 0.15) is 13.1 Å². The van der Waals surface area contributed by atoms with E-state index in [0.29, 0.717) is 30.3 Å². The van der Waals surface area contributed by atoms with Crippen LogP contribution in [0, 0.1) is 0 Å². The molecule has 0 N–H and O–H groups in total. The SMILES string of the molecule is CCCCCCCCCCCCCCOc1ccc(C(=O)N(CC(=O)OC)CC(=O)OC)cc1OCCCCCCCCCCCCCC. The van der Waals surface area contributed by atoms with Crippen molar-refractivity contribution in [2.45, 2.75) is 168 Å². The van der Waals surface area contributed by atoms with Gasteiger partial charge in [-0.15, -0.1) is 0 Å². The first-order chi connectivity index (χ1) is 24.0. The third kappa shape index (κ3) is 23.3. The van der Waals surface area contributed by atoms with E-state index in [2.05, 4.69) is 13.8 Å². The normalized spacial score (nSPS) is 10.9. The van der Waals surface area contributed by atoms with Gasteiger partial charge in [0.15, 0.2) is 11.5 Å². The number of benzene rings is 1. The predicted molar refractivity (Wildman–Crippen MR) is 200 cm³/mol. The van der Waals surface area contributed by atoms with E-state index < -0.39 is 17.8 Å². The molecule has 0 aromatic heterocycles. The highest BCUT2D eigenvalue weighted by Crippen LogP contribution is 2.30. The average molecular weight is 690 g/mol. The second kappa shape index (κ2) is 31.2. The minimum atomic E-state index is -0.622. The van der Waals surface area contributed by atoms with Crippen LogP contribution in [0.25, 0.3) is 0 Å². The molecule has 0 aliphatic heterocycles. The lowest BCUT2D eigenvalue weighted by Gasteiger charge is -2.21. The van der Waals surface area contributed by atoms with E-state index in [4.69, 9.17) is 18.9 Å². The summed E-state index contributed by atoms with van der Waals surface area (Å²) in [6.07, 6.45) is 30.6. The van der Waals surface area contributed by atoms with Crippen molar-refractivity contribution in [3.05, 3.63) is 23.8 Å². The zero-order valence-electron chi connectivity index (χ0n) is 31.8. The number of rotatable bonds is 33. The summed E-state index contributed by atoms with van der Waals surface area (Å²) in [4.78, 5) is 38.5. The lowest BCUT2D eigenvalue weighted by atomic mass is 10.1. The standard InChI is InChI=1S/C41H71NO7/c1-5-7-9-11-13-15-17-19-21-23-25-27-31-48-37-30-29-36(41(45)42(34-39(43)46-3)35-40(44)47-4)33-38(37)49-32-28-26-24-22-20-18-16-14-12-10-8-6-2/h29-30,33H,5-28,31-32,34-35H2,1-4H3. The van der Waals surface area contributed by atoms with Crippen molar-refractivity contribution in [3.63, 3.8) is 0 Å². The molecule has 49 heavy (non-hydrogen) atoms. The number of hydrogen-bond donors (Lipinski definition) is 0. The van der Waals surface area contributed by atoms with Crippen molar-refractivity contribution >= 4 is 17.8 Å². The van der Waals surface area contributed by atoms with Crippen molar-refractivity contribution in [3.8, 4) is 11.5 Å². The molecule has 1 aromatic carbocycles. The molecule has 8 nitrogen and oxygen atoms in total. The molecule has 0 fully saturated rings. The van der Waals surface area contributed by atoms with E-state index in [1.54, 1.807) is 18.2 Å². The van der Waals surface area contributed by atoms with E-state index >= 15 is 0 Å². The maximum absolute atomic E-state index is 13.4. The zero-order chi connectivity index (χ0) is 35.8. The molecule has 282 valence electrons. The van der Waals surface area contributed by atoms with Crippen LogP contribution in [0.5, 0.6) is 11.5 Å². The Hall–Kier alpha value is -2.77. The third-order valence-electron chi connectivity index (χ3n) is 9.08. The van der Waals surface area contributed by atoms with Gasteiger partial charge in [0.25, 0.3) is 5.91 Å². The molecule has 8 heteroatoms. The highest BCUT2D eigenvalue weighted by molar-refractivity contribution is 5.98. The van der Waals surface area contributed by atoms with E-state index in [0.717, 1.165) is 30.6 Å². The number of nitrogens with zero attached hydrogens (tertiary/aromatic N) is 1. The van der Waals surface area contributed by atoms with Gasteiger partial charge in [-0.3, -0.25) is 14.4 Å². The zero-order valence-corrected chi connectivity index (χ0v) is 31.8. The minimum Gasteiger partial charge on any atom is -0.490 e. The second-order valence-corrected chi connectivity index (χ2v) is 13.5. The Morgan fingerprint density at radius 3 is 1.20 bits per heavy atom. The lowest BCUT2D eigenvalue weighted by Crippen LogP contribution is -2.40. The number of methoxy groups -OCH3 is 2. The number of carbonyl (C=O) groups excluding carboxylic acids is 3. The first kappa shape index (κ1) is 44.3. The molecule has 1 rings (SSSR count). The maximum Gasteiger partial charge on any atom is 0.325 e. The van der Waals surface area contributed by atoms with Crippen LogP contribution >= 0.6 is 0 Å². The van der Waals surface area contributed by atoms with Crippen LogP contribution in [0.3, 0.4) is 0 Å². The number of hydrogen-bond acceptors (Lipinski definition) is 7. The fraction of sp³-hybridized carbons (Fsp3) is 0.780. The summed E-state index contributed by atoms with van der Waals surface area (Å²) in [5.41, 5.74) is 0.301. The molecule has 0 atom stereocenters. The van der Waals surface area contributed by atoms with Crippen LogP contribution < -0.4 is 9.47 Å². The van der Waals surface area contributed by atoms with Gasteiger partial charge in [-0.2, -0.15) is 0 Å². The molecule has 0 heterocycles. The van der Waals surface area contributed by atoms with Gasteiger partial charge in [-0.1, -0.05) is 155 Å². The molecule has 0 aliphatic carbocycles. The first-order valence-electron chi connectivity index (χ1n) is 19.8. The van der Waals surface area contributed by atoms with Crippen LogP contribution in [0.1, 0.15) is 178 Å². The third-order valence-corrected chi connectivity index (χ3v) is 9.08. The summed E-state index contributed by atoms with van der Waals surface area (Å²) in [5, 5.41) is 0. The molecule has 0 saturated heterocycles. The van der Waals surface area contributed by atoms with Gasteiger partial charge in [0.2, 0.25) is 0 Å². The molecular formula is C41H71NO7. The minimum absolute atomic E-state index is 0.301. The van der Waals surface area contributed by atoms with Crippen LogP contribution in [0.4, 0.5) is 0 Å². The second-order valence-electron chi connectivity index (χ2n) is 13.5.